The molecule has 160 valence electrons. The Kier molecular flexibility index (Phi) is 4.21. The van der Waals surface area contributed by atoms with Crippen LogP contribution in [-0.2, 0) is 0 Å². The molecular weight excluding hydrogens is 368 g/mol. The molecule has 8 atom stereocenters. The van der Waals surface area contributed by atoms with Gasteiger partial charge in [0.1, 0.15) is 0 Å². The van der Waals surface area contributed by atoms with Crippen molar-refractivity contribution in [1.82, 2.24) is 0 Å². The van der Waals surface area contributed by atoms with E-state index in [1.165, 1.54) is 6.07 Å². The first-order valence-corrected chi connectivity index (χ1v) is 11.3. The smallest absolute Gasteiger partial charge is 0.335 e. The molecule has 4 aliphatic carbocycles. The quantitative estimate of drug-likeness (QED) is 0.670. The van der Waals surface area contributed by atoms with Gasteiger partial charge in [-0.1, -0.05) is 13.8 Å². The van der Waals surface area contributed by atoms with Crippen LogP contribution in [0.5, 0.6) is 0 Å². The summed E-state index contributed by atoms with van der Waals surface area (Å²) in [5, 5.41) is 33.9. The van der Waals surface area contributed by atoms with Crippen molar-refractivity contribution in [2.24, 2.45) is 22.7 Å². The van der Waals surface area contributed by atoms with Crippen LogP contribution in [0.25, 0.3) is 0 Å². The summed E-state index contributed by atoms with van der Waals surface area (Å²) in [5.41, 5.74) is -1.41. The summed E-state index contributed by atoms with van der Waals surface area (Å²) < 4.78 is 5.15. The van der Waals surface area contributed by atoms with Crippen LogP contribution in [0.15, 0.2) is 27.6 Å². The Morgan fingerprint density at radius 3 is 2.38 bits per heavy atom. The molecule has 5 heteroatoms. The molecule has 4 aliphatic rings. The van der Waals surface area contributed by atoms with E-state index >= 15 is 0 Å². The first-order chi connectivity index (χ1) is 13.6. The molecule has 1 heterocycles. The van der Waals surface area contributed by atoms with Gasteiger partial charge in [-0.05, 0) is 86.2 Å². The topological polar surface area (TPSA) is 90.9 Å². The van der Waals surface area contributed by atoms with Gasteiger partial charge in [-0.15, -0.1) is 0 Å². The summed E-state index contributed by atoms with van der Waals surface area (Å²) in [6.45, 7) is 4.43. The minimum atomic E-state index is -0.823. The first-order valence-electron chi connectivity index (χ1n) is 11.3. The summed E-state index contributed by atoms with van der Waals surface area (Å²) in [7, 11) is 0. The van der Waals surface area contributed by atoms with Crippen molar-refractivity contribution >= 4 is 0 Å². The zero-order valence-electron chi connectivity index (χ0n) is 17.6. The number of aliphatic hydroxyl groups excluding tert-OH is 1. The maximum Gasteiger partial charge on any atom is 0.335 e. The maximum atomic E-state index is 12.2. The van der Waals surface area contributed by atoms with E-state index in [2.05, 4.69) is 13.8 Å². The highest BCUT2D eigenvalue weighted by atomic mass is 16.4. The Labute approximate surface area is 172 Å². The molecule has 1 aromatic rings. The van der Waals surface area contributed by atoms with Gasteiger partial charge in [0.25, 0.3) is 0 Å². The Morgan fingerprint density at radius 1 is 0.931 bits per heavy atom. The fraction of sp³-hybridized carbons (Fsp3) is 0.792. The van der Waals surface area contributed by atoms with Gasteiger partial charge in [0.15, 0.2) is 0 Å². The third-order valence-corrected chi connectivity index (χ3v) is 10.1. The highest BCUT2D eigenvalue weighted by molar-refractivity contribution is 5.27. The average Bonchev–Trinajstić information content (AvgIpc) is 2.95. The van der Waals surface area contributed by atoms with Crippen molar-refractivity contribution < 1.29 is 19.7 Å². The summed E-state index contributed by atoms with van der Waals surface area (Å²) in [4.78, 5) is 11.4. The Bertz CT molecular complexity index is 845. The maximum absolute atomic E-state index is 12.2. The van der Waals surface area contributed by atoms with Gasteiger partial charge >= 0.3 is 5.63 Å². The lowest BCUT2D eigenvalue weighted by Crippen LogP contribution is -2.67. The van der Waals surface area contributed by atoms with Gasteiger partial charge in [-0.3, -0.25) is 0 Å². The monoisotopic (exact) mass is 402 g/mol. The van der Waals surface area contributed by atoms with Crippen LogP contribution in [0, 0.1) is 22.7 Å². The highest BCUT2D eigenvalue weighted by Crippen LogP contribution is 2.71. The normalized spacial score (nSPS) is 51.8. The molecule has 4 saturated carbocycles. The molecule has 0 amide bonds. The molecule has 29 heavy (non-hydrogen) atoms. The summed E-state index contributed by atoms with van der Waals surface area (Å²) in [6.07, 6.45) is 8.22. The predicted octanol–water partition coefficient (Wildman–Crippen LogP) is 3.36. The molecule has 0 bridgehead atoms. The minimum absolute atomic E-state index is 0.169. The Morgan fingerprint density at radius 2 is 1.66 bits per heavy atom. The minimum Gasteiger partial charge on any atom is -0.431 e. The van der Waals surface area contributed by atoms with Crippen LogP contribution in [0.2, 0.25) is 0 Å². The first kappa shape index (κ1) is 19.8. The standard InChI is InChI=1S/C24H34O5/c1-21-9-5-16(25)13-23(21,27)11-7-19-18(21)6-10-22(2)17(8-12-24(19,22)28)15-3-4-20(26)29-14-15/h3-4,14,16-19,25,27-28H,5-13H2,1-2H3/t16-,17+,18+,19+,21+,22+,23-,24-/m1/s1. The highest BCUT2D eigenvalue weighted by Gasteiger charge is 2.69. The summed E-state index contributed by atoms with van der Waals surface area (Å²) in [6, 6.07) is 3.35. The lowest BCUT2D eigenvalue weighted by molar-refractivity contribution is -0.253. The van der Waals surface area contributed by atoms with Gasteiger partial charge in [0.2, 0.25) is 0 Å². The second kappa shape index (κ2) is 6.18. The summed E-state index contributed by atoms with van der Waals surface area (Å²) >= 11 is 0. The van der Waals surface area contributed by atoms with E-state index in [-0.39, 0.29) is 34.2 Å². The van der Waals surface area contributed by atoms with E-state index in [1.54, 1.807) is 6.26 Å². The third-order valence-electron chi connectivity index (χ3n) is 10.1. The number of hydrogen-bond donors (Lipinski definition) is 3. The summed E-state index contributed by atoms with van der Waals surface area (Å²) in [5.74, 6) is 0.626. The van der Waals surface area contributed by atoms with E-state index in [1.807, 2.05) is 6.07 Å². The van der Waals surface area contributed by atoms with Gasteiger partial charge in [-0.2, -0.15) is 0 Å². The molecule has 0 unspecified atom stereocenters. The van der Waals surface area contributed by atoms with E-state index in [0.29, 0.717) is 12.8 Å². The zero-order chi connectivity index (χ0) is 20.7. The fourth-order valence-corrected chi connectivity index (χ4v) is 8.30. The van der Waals surface area contributed by atoms with Crippen LogP contribution in [0.3, 0.4) is 0 Å². The molecule has 1 aromatic heterocycles. The fourth-order valence-electron chi connectivity index (χ4n) is 8.30. The van der Waals surface area contributed by atoms with Crippen molar-refractivity contribution in [2.75, 3.05) is 0 Å². The molecule has 0 radical (unpaired) electrons. The second-order valence-electron chi connectivity index (χ2n) is 11.0. The predicted molar refractivity (Wildman–Crippen MR) is 108 cm³/mol. The SMILES string of the molecule is C[C@@]12CC[C@@H](O)C[C@]1(O)CC[C@H]1[C@@H]2CC[C@@]2(C)[C@H](c3ccc(=O)oc3)CC[C@@]12O. The lowest BCUT2D eigenvalue weighted by Gasteiger charge is -2.66. The molecule has 4 fully saturated rings. The molecule has 5 nitrogen and oxygen atoms in total. The van der Waals surface area contributed by atoms with E-state index in [9.17, 15) is 20.1 Å². The molecule has 0 spiro atoms. The average molecular weight is 403 g/mol. The van der Waals surface area contributed by atoms with Crippen LogP contribution in [0.1, 0.15) is 83.1 Å². The molecule has 0 aromatic carbocycles. The van der Waals surface area contributed by atoms with Gasteiger partial charge in [-0.25, -0.2) is 4.79 Å². The van der Waals surface area contributed by atoms with Crippen molar-refractivity contribution in [3.8, 4) is 0 Å². The molecule has 5 rings (SSSR count). The van der Waals surface area contributed by atoms with Gasteiger partial charge in [0.05, 0.1) is 23.6 Å². The number of aliphatic hydroxyl groups is 3. The van der Waals surface area contributed by atoms with E-state index in [0.717, 1.165) is 50.5 Å². The van der Waals surface area contributed by atoms with Crippen molar-refractivity contribution in [2.45, 2.75) is 94.9 Å². The van der Waals surface area contributed by atoms with Crippen LogP contribution in [0.4, 0.5) is 0 Å². The van der Waals surface area contributed by atoms with Gasteiger partial charge < -0.3 is 19.7 Å². The van der Waals surface area contributed by atoms with Gasteiger partial charge in [0, 0.05) is 17.9 Å². The molecule has 0 saturated heterocycles. The van der Waals surface area contributed by atoms with Crippen LogP contribution < -0.4 is 5.63 Å². The second-order valence-corrected chi connectivity index (χ2v) is 11.0. The zero-order valence-corrected chi connectivity index (χ0v) is 17.6. The molecular formula is C24H34O5. The number of fused-ring (bicyclic) bond motifs is 5. The third kappa shape index (κ3) is 2.47. The Balaban J connectivity index is 1.50. The molecule has 3 N–H and O–H groups in total. The number of hydrogen-bond acceptors (Lipinski definition) is 5. The van der Waals surface area contributed by atoms with Crippen LogP contribution >= 0.6 is 0 Å². The van der Waals surface area contributed by atoms with Crippen molar-refractivity contribution in [1.29, 1.82) is 0 Å². The number of rotatable bonds is 1. The van der Waals surface area contributed by atoms with Crippen molar-refractivity contribution in [3.05, 3.63) is 34.4 Å². The Hall–Kier alpha value is -1.17. The lowest BCUT2D eigenvalue weighted by atomic mass is 9.42. The molecule has 0 aliphatic heterocycles. The largest absolute Gasteiger partial charge is 0.431 e. The van der Waals surface area contributed by atoms with Crippen LogP contribution in [-0.4, -0.2) is 32.6 Å². The van der Waals surface area contributed by atoms with Crippen molar-refractivity contribution in [3.63, 3.8) is 0 Å². The van der Waals surface area contributed by atoms with E-state index < -0.39 is 17.3 Å². The van der Waals surface area contributed by atoms with E-state index in [4.69, 9.17) is 4.42 Å².